The molecule has 0 bridgehead atoms. The molecule has 1 aliphatic heterocycles. The Kier molecular flexibility index (Phi) is 6.38. The molecule has 0 fully saturated rings. The molecule has 0 atom stereocenters. The normalized spacial score (nSPS) is 14.4. The number of nitro benzene ring substituents is 1. The highest BCUT2D eigenvalue weighted by Crippen LogP contribution is 2.40. The molecule has 0 saturated heterocycles. The van der Waals surface area contributed by atoms with Crippen LogP contribution in [-0.4, -0.2) is 25.1 Å². The molecule has 1 aliphatic rings. The number of amides is 1. The number of carbonyl (C=O) groups excluding carboxylic acids is 1. The maximum absolute atomic E-state index is 13.6. The maximum atomic E-state index is 13.6. The van der Waals surface area contributed by atoms with Crippen LogP contribution in [0.5, 0.6) is 11.5 Å². The van der Waals surface area contributed by atoms with Crippen molar-refractivity contribution in [2.45, 2.75) is 6.92 Å². The van der Waals surface area contributed by atoms with E-state index in [2.05, 4.69) is 0 Å². The number of hydrogen-bond acceptors (Lipinski definition) is 5. The van der Waals surface area contributed by atoms with Crippen LogP contribution in [0.2, 0.25) is 5.02 Å². The van der Waals surface area contributed by atoms with Crippen LogP contribution in [0.3, 0.4) is 0 Å². The molecule has 3 aromatic rings. The quantitative estimate of drug-likeness (QED) is 0.246. The van der Waals surface area contributed by atoms with Crippen LogP contribution in [0.25, 0.3) is 11.8 Å². The summed E-state index contributed by atoms with van der Waals surface area (Å²) in [5.74, 6) is 0.707. The summed E-state index contributed by atoms with van der Waals surface area (Å²) in [6.45, 7) is 1.76. The average Bonchev–Trinajstić information content (AvgIpc) is 3.15. The SMILES string of the molecule is COc1ccc(/C=C2\C=C(c3ccc(Cl)cc3)N(c3ccc(C)cc3[N+](=O)[O-])C2=O)cc1OC. The second-order valence-electron chi connectivity index (χ2n) is 7.64. The van der Waals surface area contributed by atoms with Gasteiger partial charge in [-0.3, -0.25) is 19.8 Å². The highest BCUT2D eigenvalue weighted by Gasteiger charge is 2.34. The minimum Gasteiger partial charge on any atom is -0.493 e. The second-order valence-corrected chi connectivity index (χ2v) is 8.08. The molecule has 0 aromatic heterocycles. The average molecular weight is 477 g/mol. The van der Waals surface area contributed by atoms with E-state index in [9.17, 15) is 14.9 Å². The first kappa shape index (κ1) is 23.1. The van der Waals surface area contributed by atoms with Crippen LogP contribution < -0.4 is 14.4 Å². The zero-order valence-corrected chi connectivity index (χ0v) is 19.5. The molecule has 1 amide bonds. The molecule has 1 heterocycles. The molecule has 8 heteroatoms. The van der Waals surface area contributed by atoms with Crippen molar-refractivity contribution in [3.05, 3.63) is 104 Å². The van der Waals surface area contributed by atoms with E-state index in [0.717, 1.165) is 5.56 Å². The fourth-order valence-electron chi connectivity index (χ4n) is 3.78. The highest BCUT2D eigenvalue weighted by atomic mass is 35.5. The Morgan fingerprint density at radius 2 is 1.68 bits per heavy atom. The molecule has 0 N–H and O–H groups in total. The highest BCUT2D eigenvalue weighted by molar-refractivity contribution is 6.30. The molecule has 0 unspecified atom stereocenters. The molecule has 0 radical (unpaired) electrons. The van der Waals surface area contributed by atoms with E-state index in [4.69, 9.17) is 21.1 Å². The zero-order valence-electron chi connectivity index (χ0n) is 18.7. The minimum atomic E-state index is -0.481. The first-order chi connectivity index (χ1) is 16.3. The summed E-state index contributed by atoms with van der Waals surface area (Å²) < 4.78 is 10.6. The van der Waals surface area contributed by atoms with Gasteiger partial charge in [0.15, 0.2) is 11.5 Å². The van der Waals surface area contributed by atoms with Crippen LogP contribution in [0, 0.1) is 17.0 Å². The third kappa shape index (κ3) is 4.38. The van der Waals surface area contributed by atoms with Gasteiger partial charge in [-0.25, -0.2) is 0 Å². The third-order valence-electron chi connectivity index (χ3n) is 5.42. The first-order valence-electron chi connectivity index (χ1n) is 10.3. The fourth-order valence-corrected chi connectivity index (χ4v) is 3.90. The van der Waals surface area contributed by atoms with Crippen molar-refractivity contribution in [2.24, 2.45) is 0 Å². The van der Waals surface area contributed by atoms with Gasteiger partial charge in [-0.1, -0.05) is 35.9 Å². The Balaban J connectivity index is 1.87. The van der Waals surface area contributed by atoms with Crippen molar-refractivity contribution in [3.8, 4) is 11.5 Å². The number of rotatable bonds is 6. The van der Waals surface area contributed by atoms with Crippen molar-refractivity contribution in [1.82, 2.24) is 0 Å². The summed E-state index contributed by atoms with van der Waals surface area (Å²) in [5, 5.41) is 12.4. The van der Waals surface area contributed by atoms with Crippen molar-refractivity contribution < 1.29 is 19.2 Å². The predicted molar refractivity (Wildman–Crippen MR) is 132 cm³/mol. The molecule has 0 aliphatic carbocycles. The Labute approximate surface area is 201 Å². The number of carbonyl (C=O) groups is 1. The van der Waals surface area contributed by atoms with E-state index in [1.165, 1.54) is 18.1 Å². The van der Waals surface area contributed by atoms with E-state index in [1.54, 1.807) is 80.8 Å². The molecule has 0 saturated carbocycles. The van der Waals surface area contributed by atoms with Gasteiger partial charge in [-0.05, 0) is 66.1 Å². The van der Waals surface area contributed by atoms with E-state index >= 15 is 0 Å². The largest absolute Gasteiger partial charge is 0.493 e. The summed E-state index contributed by atoms with van der Waals surface area (Å²) in [4.78, 5) is 26.3. The first-order valence-corrected chi connectivity index (χ1v) is 10.7. The summed E-state index contributed by atoms with van der Waals surface area (Å²) in [7, 11) is 3.08. The van der Waals surface area contributed by atoms with Crippen LogP contribution >= 0.6 is 11.6 Å². The van der Waals surface area contributed by atoms with E-state index in [0.29, 0.717) is 38.9 Å². The van der Waals surface area contributed by atoms with Gasteiger partial charge < -0.3 is 9.47 Å². The number of ether oxygens (including phenoxy) is 2. The summed E-state index contributed by atoms with van der Waals surface area (Å²) >= 11 is 6.05. The minimum absolute atomic E-state index is 0.152. The Bertz CT molecular complexity index is 1350. The van der Waals surface area contributed by atoms with Gasteiger partial charge in [0.05, 0.1) is 24.8 Å². The molecule has 4 rings (SSSR count). The lowest BCUT2D eigenvalue weighted by atomic mass is 10.1. The maximum Gasteiger partial charge on any atom is 0.293 e. The monoisotopic (exact) mass is 476 g/mol. The second kappa shape index (κ2) is 9.41. The van der Waals surface area contributed by atoms with Gasteiger partial charge >= 0.3 is 0 Å². The fraction of sp³-hybridized carbons (Fsp3) is 0.115. The summed E-state index contributed by atoms with van der Waals surface area (Å²) in [5.41, 5.74) is 3.06. The van der Waals surface area contributed by atoms with E-state index in [1.807, 2.05) is 0 Å². The predicted octanol–water partition coefficient (Wildman–Crippen LogP) is 6.05. The number of nitro groups is 1. The standard InChI is InChI=1S/C26H21ClN2O5/c1-16-4-10-21(23(12-16)29(31)32)28-22(18-6-8-20(27)9-7-18)15-19(26(28)30)13-17-5-11-24(33-2)25(14-17)34-3/h4-15H,1-3H3/b19-13+. The molecule has 172 valence electrons. The number of benzene rings is 3. The number of anilines is 1. The number of nitrogens with zero attached hydrogens (tertiary/aromatic N) is 2. The van der Waals surface area contributed by atoms with Crippen molar-refractivity contribution in [3.63, 3.8) is 0 Å². The van der Waals surface area contributed by atoms with E-state index in [-0.39, 0.29) is 17.3 Å². The van der Waals surface area contributed by atoms with E-state index < -0.39 is 4.92 Å². The van der Waals surface area contributed by atoms with Gasteiger partial charge in [0.25, 0.3) is 11.6 Å². The molecule has 0 spiro atoms. The van der Waals surface area contributed by atoms with Crippen molar-refractivity contribution in [1.29, 1.82) is 0 Å². The molecule has 7 nitrogen and oxygen atoms in total. The number of methoxy groups -OCH3 is 2. The summed E-state index contributed by atoms with van der Waals surface area (Å²) in [6.07, 6.45) is 3.42. The lowest BCUT2D eigenvalue weighted by molar-refractivity contribution is -0.384. The molecule has 3 aromatic carbocycles. The van der Waals surface area contributed by atoms with Crippen LogP contribution in [-0.2, 0) is 4.79 Å². The van der Waals surface area contributed by atoms with Crippen LogP contribution in [0.4, 0.5) is 11.4 Å². The summed E-state index contributed by atoms with van der Waals surface area (Å²) in [6, 6.07) is 17.1. The lowest BCUT2D eigenvalue weighted by Crippen LogP contribution is -2.25. The zero-order chi connectivity index (χ0) is 24.4. The van der Waals surface area contributed by atoms with Crippen LogP contribution in [0.1, 0.15) is 16.7 Å². The van der Waals surface area contributed by atoms with Crippen molar-refractivity contribution in [2.75, 3.05) is 19.1 Å². The van der Waals surface area contributed by atoms with Gasteiger partial charge in [0.2, 0.25) is 0 Å². The third-order valence-corrected chi connectivity index (χ3v) is 5.67. The molecular formula is C26H21ClN2O5. The number of halogens is 1. The molecular weight excluding hydrogens is 456 g/mol. The Morgan fingerprint density at radius 1 is 0.971 bits per heavy atom. The van der Waals surface area contributed by atoms with Crippen LogP contribution in [0.15, 0.2) is 72.3 Å². The molecule has 34 heavy (non-hydrogen) atoms. The Morgan fingerprint density at radius 3 is 2.32 bits per heavy atom. The smallest absolute Gasteiger partial charge is 0.293 e. The van der Waals surface area contributed by atoms with Gasteiger partial charge in [-0.15, -0.1) is 0 Å². The number of hydrogen-bond donors (Lipinski definition) is 0. The topological polar surface area (TPSA) is 81.9 Å². The Hall–Kier alpha value is -4.10. The van der Waals surface area contributed by atoms with Gasteiger partial charge in [0.1, 0.15) is 5.69 Å². The number of aryl methyl sites for hydroxylation is 1. The van der Waals surface area contributed by atoms with Gasteiger partial charge in [-0.2, -0.15) is 0 Å². The van der Waals surface area contributed by atoms with Crippen molar-refractivity contribution >= 4 is 40.7 Å². The lowest BCUT2D eigenvalue weighted by Gasteiger charge is -2.21. The van der Waals surface area contributed by atoms with Gasteiger partial charge in [0, 0.05) is 16.7 Å².